The molecule has 1 aliphatic rings. The summed E-state index contributed by atoms with van der Waals surface area (Å²) in [5, 5.41) is 3.19. The average Bonchev–Trinajstić information content (AvgIpc) is 3.02. The average molecular weight is 620 g/mol. The van der Waals surface area contributed by atoms with E-state index in [1.54, 1.807) is 29.2 Å². The van der Waals surface area contributed by atoms with Gasteiger partial charge < -0.3 is 15.0 Å². The van der Waals surface area contributed by atoms with Crippen molar-refractivity contribution < 1.29 is 22.7 Å². The van der Waals surface area contributed by atoms with Crippen LogP contribution in [0.4, 0.5) is 5.69 Å². The Bertz CT molecular complexity index is 1500. The molecule has 8 nitrogen and oxygen atoms in total. The molecule has 0 bridgehead atoms. The molecule has 0 spiro atoms. The Morgan fingerprint density at radius 3 is 2.18 bits per heavy atom. The van der Waals surface area contributed by atoms with Crippen molar-refractivity contribution in [3.8, 4) is 5.75 Å². The molecule has 9 heteroatoms. The van der Waals surface area contributed by atoms with Crippen LogP contribution in [0.1, 0.15) is 69.1 Å². The van der Waals surface area contributed by atoms with Crippen molar-refractivity contribution in [2.45, 2.75) is 89.7 Å². The van der Waals surface area contributed by atoms with Gasteiger partial charge in [0.1, 0.15) is 18.3 Å². The minimum Gasteiger partial charge on any atom is -0.494 e. The number of hydrogen-bond acceptors (Lipinski definition) is 5. The predicted octanol–water partition coefficient (Wildman–Crippen LogP) is 6.15. The summed E-state index contributed by atoms with van der Waals surface area (Å²) in [5.74, 6) is -0.0878. The van der Waals surface area contributed by atoms with Gasteiger partial charge in [-0.2, -0.15) is 0 Å². The second kappa shape index (κ2) is 15.2. The molecular formula is C35H45N3O5S. The van der Waals surface area contributed by atoms with E-state index in [2.05, 4.69) is 5.32 Å². The first-order valence-corrected chi connectivity index (χ1v) is 17.0. The minimum absolute atomic E-state index is 0.0434. The molecule has 1 atom stereocenters. The summed E-state index contributed by atoms with van der Waals surface area (Å²) in [7, 11) is -4.15. The first-order valence-electron chi connectivity index (χ1n) is 15.6. The molecule has 44 heavy (non-hydrogen) atoms. The monoisotopic (exact) mass is 619 g/mol. The van der Waals surface area contributed by atoms with Crippen molar-refractivity contribution in [2.24, 2.45) is 0 Å². The third-order valence-corrected chi connectivity index (χ3v) is 10.1. The lowest BCUT2D eigenvalue weighted by molar-refractivity contribution is -0.140. The molecule has 0 aliphatic heterocycles. The van der Waals surface area contributed by atoms with E-state index in [0.717, 1.165) is 46.7 Å². The highest BCUT2D eigenvalue weighted by molar-refractivity contribution is 7.92. The zero-order chi connectivity index (χ0) is 31.7. The number of aryl methyl sites for hydroxylation is 2. The Morgan fingerprint density at radius 2 is 1.57 bits per heavy atom. The highest BCUT2D eigenvalue weighted by atomic mass is 32.2. The Balaban J connectivity index is 1.70. The molecule has 1 fully saturated rings. The van der Waals surface area contributed by atoms with Crippen molar-refractivity contribution in [3.05, 3.63) is 89.5 Å². The van der Waals surface area contributed by atoms with E-state index in [0.29, 0.717) is 24.5 Å². The zero-order valence-corrected chi connectivity index (χ0v) is 27.1. The summed E-state index contributed by atoms with van der Waals surface area (Å²) in [6.45, 7) is 7.82. The summed E-state index contributed by atoms with van der Waals surface area (Å²) < 4.78 is 34.9. The molecule has 236 valence electrons. The maximum atomic E-state index is 14.3. The number of carbonyl (C=O) groups is 2. The normalized spacial score (nSPS) is 14.5. The second-order valence-electron chi connectivity index (χ2n) is 11.5. The van der Waals surface area contributed by atoms with Gasteiger partial charge in [-0.15, -0.1) is 0 Å². The third-order valence-electron chi connectivity index (χ3n) is 8.26. The van der Waals surface area contributed by atoms with Crippen molar-refractivity contribution in [2.75, 3.05) is 17.5 Å². The number of carbonyl (C=O) groups excluding carboxylic acids is 2. The highest BCUT2D eigenvalue weighted by Crippen LogP contribution is 2.27. The molecule has 1 aliphatic carbocycles. The lowest BCUT2D eigenvalue weighted by Crippen LogP contribution is -2.54. The van der Waals surface area contributed by atoms with Gasteiger partial charge in [-0.1, -0.05) is 68.1 Å². The second-order valence-corrected chi connectivity index (χ2v) is 13.3. The Kier molecular flexibility index (Phi) is 11.4. The first-order chi connectivity index (χ1) is 21.1. The number of nitrogens with one attached hydrogen (secondary N) is 1. The molecular weight excluding hydrogens is 574 g/mol. The number of hydrogen-bond donors (Lipinski definition) is 1. The SMILES string of the molecule is CCOc1ccc(S(=O)(=O)N(CC(=O)N(Cc2ccccc2C)C(CC)C(=O)NC2CCCCC2)c2ccc(C)cc2)cc1. The van der Waals surface area contributed by atoms with Gasteiger partial charge in [-0.3, -0.25) is 13.9 Å². The Hall–Kier alpha value is -3.85. The van der Waals surface area contributed by atoms with Crippen LogP contribution < -0.4 is 14.4 Å². The van der Waals surface area contributed by atoms with Crippen LogP contribution in [0.3, 0.4) is 0 Å². The van der Waals surface area contributed by atoms with Crippen molar-refractivity contribution in [1.82, 2.24) is 10.2 Å². The summed E-state index contributed by atoms with van der Waals surface area (Å²) in [6.07, 6.45) is 5.56. The molecule has 0 heterocycles. The smallest absolute Gasteiger partial charge is 0.264 e. The molecule has 3 aromatic carbocycles. The van der Waals surface area contributed by atoms with Crippen LogP contribution in [0.5, 0.6) is 5.75 Å². The standard InChI is InChI=1S/C35H45N3O5S/c1-5-33(35(40)36-29-14-8-7-9-15-29)37(24-28-13-11-10-12-27(28)4)34(39)25-38(30-18-16-26(3)17-19-30)44(41,42)32-22-20-31(21-23-32)43-6-2/h10-13,16-23,29,33H,5-9,14-15,24-25H2,1-4H3,(H,36,40). The number of anilines is 1. The largest absolute Gasteiger partial charge is 0.494 e. The fourth-order valence-electron chi connectivity index (χ4n) is 5.68. The van der Waals surface area contributed by atoms with Crippen LogP contribution in [-0.2, 0) is 26.2 Å². The number of nitrogens with zero attached hydrogens (tertiary/aromatic N) is 2. The van der Waals surface area contributed by atoms with Gasteiger partial charge in [0.25, 0.3) is 10.0 Å². The van der Waals surface area contributed by atoms with Crippen molar-refractivity contribution in [3.63, 3.8) is 0 Å². The molecule has 0 saturated heterocycles. The van der Waals surface area contributed by atoms with Gasteiger partial charge in [0.05, 0.1) is 17.2 Å². The number of ether oxygens (including phenoxy) is 1. The summed E-state index contributed by atoms with van der Waals surface area (Å²) in [4.78, 5) is 29.6. The molecule has 2 amide bonds. The van der Waals surface area contributed by atoms with Crippen LogP contribution >= 0.6 is 0 Å². The number of benzene rings is 3. The van der Waals surface area contributed by atoms with Gasteiger partial charge in [0.15, 0.2) is 0 Å². The topological polar surface area (TPSA) is 96.0 Å². The lowest BCUT2D eigenvalue weighted by atomic mass is 9.95. The lowest BCUT2D eigenvalue weighted by Gasteiger charge is -2.34. The van der Waals surface area contributed by atoms with Gasteiger partial charge in [-0.25, -0.2) is 8.42 Å². The fourth-order valence-corrected chi connectivity index (χ4v) is 7.09. The van der Waals surface area contributed by atoms with E-state index in [1.165, 1.54) is 18.6 Å². The zero-order valence-electron chi connectivity index (χ0n) is 26.3. The number of rotatable bonds is 13. The van der Waals surface area contributed by atoms with Crippen LogP contribution in [0.25, 0.3) is 0 Å². The van der Waals surface area contributed by atoms with Gasteiger partial charge in [0, 0.05) is 12.6 Å². The van der Waals surface area contributed by atoms with Crippen LogP contribution in [0, 0.1) is 13.8 Å². The van der Waals surface area contributed by atoms with Crippen LogP contribution in [0.2, 0.25) is 0 Å². The minimum atomic E-state index is -4.15. The molecule has 0 aromatic heterocycles. The van der Waals surface area contributed by atoms with Gasteiger partial charge in [-0.05, 0) is 87.6 Å². The van der Waals surface area contributed by atoms with Crippen molar-refractivity contribution >= 4 is 27.5 Å². The predicted molar refractivity (Wildman–Crippen MR) is 174 cm³/mol. The van der Waals surface area contributed by atoms with Crippen LogP contribution in [-0.4, -0.2) is 50.4 Å². The summed E-state index contributed by atoms with van der Waals surface area (Å²) in [6, 6.07) is 20.3. The maximum Gasteiger partial charge on any atom is 0.264 e. The molecule has 0 radical (unpaired) electrons. The fraction of sp³-hybridized carbons (Fsp3) is 0.429. The van der Waals surface area contributed by atoms with E-state index in [-0.39, 0.29) is 23.4 Å². The van der Waals surface area contributed by atoms with E-state index >= 15 is 0 Å². The molecule has 4 rings (SSSR count). The summed E-state index contributed by atoms with van der Waals surface area (Å²) >= 11 is 0. The quantitative estimate of drug-likeness (QED) is 0.248. The van der Waals surface area contributed by atoms with Crippen molar-refractivity contribution in [1.29, 1.82) is 0 Å². The van der Waals surface area contributed by atoms with E-state index in [9.17, 15) is 18.0 Å². The Morgan fingerprint density at radius 1 is 0.909 bits per heavy atom. The van der Waals surface area contributed by atoms with Crippen LogP contribution in [0.15, 0.2) is 77.7 Å². The number of sulfonamides is 1. The molecule has 1 saturated carbocycles. The molecule has 1 unspecified atom stereocenters. The van der Waals surface area contributed by atoms with E-state index in [1.807, 2.05) is 64.1 Å². The Labute approximate surface area is 262 Å². The molecule has 1 N–H and O–H groups in total. The van der Waals surface area contributed by atoms with E-state index < -0.39 is 28.5 Å². The first kappa shape index (κ1) is 33.1. The van der Waals surface area contributed by atoms with E-state index in [4.69, 9.17) is 4.74 Å². The van der Waals surface area contributed by atoms with Gasteiger partial charge >= 0.3 is 0 Å². The molecule has 3 aromatic rings. The third kappa shape index (κ3) is 8.20. The summed E-state index contributed by atoms with van der Waals surface area (Å²) in [5.41, 5.74) is 3.23. The maximum absolute atomic E-state index is 14.3. The highest BCUT2D eigenvalue weighted by Gasteiger charge is 2.34. The van der Waals surface area contributed by atoms with Gasteiger partial charge in [0.2, 0.25) is 11.8 Å². The number of amides is 2.